The first-order valence-corrected chi connectivity index (χ1v) is 4.62. The predicted molar refractivity (Wildman–Crippen MR) is 59.3 cm³/mol. The molecule has 0 spiro atoms. The van der Waals surface area contributed by atoms with E-state index in [0.717, 1.165) is 7.11 Å². The molecule has 4 nitrogen and oxygen atoms in total. The average Bonchev–Trinajstić information content (AvgIpc) is 2.29. The van der Waals surface area contributed by atoms with E-state index < -0.39 is 40.9 Å². The van der Waals surface area contributed by atoms with E-state index in [4.69, 9.17) is 5.73 Å². The summed E-state index contributed by atoms with van der Waals surface area (Å²) in [5.41, 5.74) is 2.78. The van der Waals surface area contributed by atoms with Crippen LogP contribution in [-0.2, 0) is 15.7 Å². The minimum Gasteiger partial charge on any atom is -0.505 e. The van der Waals surface area contributed by atoms with Crippen LogP contribution in [0.2, 0.25) is 0 Å². The Morgan fingerprint density at radius 3 is 2.37 bits per heavy atom. The van der Waals surface area contributed by atoms with E-state index in [2.05, 4.69) is 4.74 Å². The van der Waals surface area contributed by atoms with Crippen molar-refractivity contribution >= 4 is 18.4 Å². The Labute approximate surface area is 111 Å². The fourth-order valence-corrected chi connectivity index (χ4v) is 1.39. The number of halogens is 5. The number of nitrogens with two attached hydrogens (primary N) is 1. The van der Waals surface area contributed by atoms with Crippen LogP contribution in [0.1, 0.15) is 17.2 Å². The van der Waals surface area contributed by atoms with Gasteiger partial charge in [0.1, 0.15) is 6.04 Å². The summed E-state index contributed by atoms with van der Waals surface area (Å²) in [6, 6.07) is -1.10. The fourth-order valence-electron chi connectivity index (χ4n) is 1.39. The van der Waals surface area contributed by atoms with Crippen molar-refractivity contribution in [1.82, 2.24) is 0 Å². The molecule has 0 amide bonds. The summed E-state index contributed by atoms with van der Waals surface area (Å²) in [7, 11) is 0.909. The third-order valence-electron chi connectivity index (χ3n) is 2.24. The molecule has 0 saturated carbocycles. The second-order valence-corrected chi connectivity index (χ2v) is 3.36. The number of phenolic OH excluding ortho intramolecular Hbond substituents is 1. The number of carbonyl (C=O) groups excluding carboxylic acids is 1. The molecule has 0 bridgehead atoms. The molecule has 1 aromatic rings. The monoisotopic (exact) mass is 303 g/mol. The number of aromatic hydroxyl groups is 1. The molecule has 0 saturated heterocycles. The van der Waals surface area contributed by atoms with Gasteiger partial charge < -0.3 is 15.6 Å². The largest absolute Gasteiger partial charge is 0.505 e. The summed E-state index contributed by atoms with van der Waals surface area (Å²) in [6.45, 7) is 0. The number of ether oxygens (including phenoxy) is 1. The average molecular weight is 304 g/mol. The Bertz CT molecular complexity index is 479. The Hall–Kier alpha value is -1.54. The van der Waals surface area contributed by atoms with E-state index in [0.29, 0.717) is 12.1 Å². The van der Waals surface area contributed by atoms with Crippen LogP contribution in [0.4, 0.5) is 17.6 Å². The van der Waals surface area contributed by atoms with E-state index in [-0.39, 0.29) is 12.4 Å². The zero-order valence-electron chi connectivity index (χ0n) is 9.49. The van der Waals surface area contributed by atoms with Crippen molar-refractivity contribution in [3.63, 3.8) is 0 Å². The van der Waals surface area contributed by atoms with Crippen LogP contribution in [0, 0.1) is 5.82 Å². The lowest BCUT2D eigenvalue weighted by atomic mass is 9.99. The lowest BCUT2D eigenvalue weighted by molar-refractivity contribution is -0.144. The molecule has 19 heavy (non-hydrogen) atoms. The molecule has 9 heteroatoms. The molecular weight excluding hydrogens is 294 g/mol. The molecule has 0 heterocycles. The molecule has 0 aliphatic carbocycles. The quantitative estimate of drug-likeness (QED) is 0.648. The van der Waals surface area contributed by atoms with Gasteiger partial charge in [-0.3, -0.25) is 4.79 Å². The van der Waals surface area contributed by atoms with Gasteiger partial charge in [-0.25, -0.2) is 4.39 Å². The molecule has 0 aromatic heterocycles. The number of benzene rings is 1. The van der Waals surface area contributed by atoms with Crippen molar-refractivity contribution in [3.8, 4) is 5.75 Å². The SMILES string of the molecule is COC(=O)[C@H](N)c1c(C(F)(F)F)ccc(F)c1O.Cl. The Kier molecular flexibility index (Phi) is 5.58. The minimum absolute atomic E-state index is 0. The van der Waals surface area contributed by atoms with E-state index in [9.17, 15) is 27.5 Å². The molecule has 1 aromatic carbocycles. The number of methoxy groups -OCH3 is 1. The second kappa shape index (κ2) is 6.07. The summed E-state index contributed by atoms with van der Waals surface area (Å²) in [5.74, 6) is -3.85. The standard InChI is InChI=1S/C10H9F4NO3.ClH/c1-18-9(17)7(15)6-4(10(12,13)14)2-3-5(11)8(6)16;/h2-3,7,16H,15H2,1H3;1H/t7-;/m1./s1. The van der Waals surface area contributed by atoms with Crippen LogP contribution >= 0.6 is 12.4 Å². The van der Waals surface area contributed by atoms with Crippen molar-refractivity contribution in [1.29, 1.82) is 0 Å². The lowest BCUT2D eigenvalue weighted by Crippen LogP contribution is -2.26. The highest BCUT2D eigenvalue weighted by atomic mass is 35.5. The maximum Gasteiger partial charge on any atom is 0.416 e. The number of phenols is 1. The first kappa shape index (κ1) is 17.5. The summed E-state index contributed by atoms with van der Waals surface area (Å²) in [6.07, 6.45) is -4.88. The van der Waals surface area contributed by atoms with Gasteiger partial charge in [-0.15, -0.1) is 12.4 Å². The third kappa shape index (κ3) is 3.48. The predicted octanol–water partition coefficient (Wildman–Crippen LogP) is 2.14. The van der Waals surface area contributed by atoms with Crippen LogP contribution in [0.3, 0.4) is 0 Å². The van der Waals surface area contributed by atoms with E-state index >= 15 is 0 Å². The van der Waals surface area contributed by atoms with Gasteiger partial charge in [-0.1, -0.05) is 0 Å². The van der Waals surface area contributed by atoms with Gasteiger partial charge in [0.05, 0.1) is 12.7 Å². The molecule has 0 aliphatic rings. The van der Waals surface area contributed by atoms with Crippen LogP contribution < -0.4 is 5.73 Å². The zero-order valence-corrected chi connectivity index (χ0v) is 10.3. The van der Waals surface area contributed by atoms with Gasteiger partial charge in [-0.2, -0.15) is 13.2 Å². The molecule has 108 valence electrons. The number of alkyl halides is 3. The summed E-state index contributed by atoms with van der Waals surface area (Å²) < 4.78 is 55.2. The van der Waals surface area contributed by atoms with E-state index in [1.165, 1.54) is 0 Å². The van der Waals surface area contributed by atoms with Crippen molar-refractivity contribution in [2.45, 2.75) is 12.2 Å². The van der Waals surface area contributed by atoms with E-state index in [1.54, 1.807) is 0 Å². The van der Waals surface area contributed by atoms with Gasteiger partial charge in [0.25, 0.3) is 0 Å². The number of hydrogen-bond donors (Lipinski definition) is 2. The topological polar surface area (TPSA) is 72.5 Å². The van der Waals surface area contributed by atoms with E-state index in [1.807, 2.05) is 0 Å². The fraction of sp³-hybridized carbons (Fsp3) is 0.300. The molecule has 1 atom stereocenters. The highest BCUT2D eigenvalue weighted by molar-refractivity contribution is 5.85. The van der Waals surface area contributed by atoms with Gasteiger partial charge in [0.2, 0.25) is 0 Å². The smallest absolute Gasteiger partial charge is 0.416 e. The molecular formula is C10H10ClF4NO3. The molecule has 3 N–H and O–H groups in total. The van der Waals surface area contributed by atoms with Gasteiger partial charge in [0, 0.05) is 5.56 Å². The maximum atomic E-state index is 13.1. The van der Waals surface area contributed by atoms with Gasteiger partial charge >= 0.3 is 12.1 Å². The van der Waals surface area contributed by atoms with Crippen LogP contribution in [0.5, 0.6) is 5.75 Å². The molecule has 0 radical (unpaired) electrons. The van der Waals surface area contributed by atoms with Crippen molar-refractivity contribution < 1.29 is 32.2 Å². The zero-order chi connectivity index (χ0) is 14.1. The Morgan fingerprint density at radius 1 is 1.42 bits per heavy atom. The maximum absolute atomic E-state index is 13.1. The molecule has 0 fully saturated rings. The van der Waals surface area contributed by atoms with Crippen molar-refractivity contribution in [2.24, 2.45) is 5.73 Å². The first-order valence-electron chi connectivity index (χ1n) is 4.62. The summed E-state index contributed by atoms with van der Waals surface area (Å²) in [4.78, 5) is 11.1. The highest BCUT2D eigenvalue weighted by Gasteiger charge is 2.38. The number of carbonyl (C=O) groups is 1. The Balaban J connectivity index is 0.00000324. The normalized spacial score (nSPS) is 12.5. The van der Waals surface area contributed by atoms with Gasteiger partial charge in [-0.05, 0) is 12.1 Å². The molecule has 0 aliphatic heterocycles. The lowest BCUT2D eigenvalue weighted by Gasteiger charge is -2.18. The van der Waals surface area contributed by atoms with Crippen molar-refractivity contribution in [2.75, 3.05) is 7.11 Å². The van der Waals surface area contributed by atoms with Gasteiger partial charge in [0.15, 0.2) is 11.6 Å². The van der Waals surface area contributed by atoms with Crippen molar-refractivity contribution in [3.05, 3.63) is 29.1 Å². The summed E-state index contributed by atoms with van der Waals surface area (Å²) >= 11 is 0. The summed E-state index contributed by atoms with van der Waals surface area (Å²) in [5, 5.41) is 9.29. The number of esters is 1. The Morgan fingerprint density at radius 2 is 1.95 bits per heavy atom. The minimum atomic E-state index is -4.88. The number of rotatable bonds is 2. The third-order valence-corrected chi connectivity index (χ3v) is 2.24. The second-order valence-electron chi connectivity index (χ2n) is 3.36. The molecule has 1 rings (SSSR count). The first-order chi connectivity index (χ1) is 8.20. The van der Waals surface area contributed by atoms with Crippen LogP contribution in [-0.4, -0.2) is 18.2 Å². The van der Waals surface area contributed by atoms with Crippen LogP contribution in [0.15, 0.2) is 12.1 Å². The molecule has 0 unspecified atom stereocenters. The number of hydrogen-bond acceptors (Lipinski definition) is 4. The van der Waals surface area contributed by atoms with Crippen LogP contribution in [0.25, 0.3) is 0 Å². The highest BCUT2D eigenvalue weighted by Crippen LogP contribution is 2.39.